The summed E-state index contributed by atoms with van der Waals surface area (Å²) in [6.07, 6.45) is 0.505. The number of hydrogen-bond donors (Lipinski definition) is 0. The van der Waals surface area contributed by atoms with Crippen LogP contribution in [0.5, 0.6) is 17.2 Å². The van der Waals surface area contributed by atoms with E-state index in [1.807, 2.05) is 69.3 Å². The number of carbonyl (C=O) groups is 1. The molecule has 1 aliphatic heterocycles. The number of carbonyl (C=O) groups excluding carboxylic acids is 1. The molecule has 2 heterocycles. The number of rotatable bonds is 14. The molecule has 252 valence electrons. The lowest BCUT2D eigenvalue weighted by Gasteiger charge is -2.37. The number of thiophene rings is 1. The van der Waals surface area contributed by atoms with Gasteiger partial charge in [-0.2, -0.15) is 0 Å². The third-order valence-electron chi connectivity index (χ3n) is 7.86. The molecule has 2 atom stereocenters. The fraction of sp³-hybridized carbons (Fsp3) is 0.432. The Morgan fingerprint density at radius 1 is 0.936 bits per heavy atom. The second-order valence-corrected chi connectivity index (χ2v) is 13.4. The fourth-order valence-corrected chi connectivity index (χ4v) is 6.35. The summed E-state index contributed by atoms with van der Waals surface area (Å²) in [6.45, 7) is 8.49. The highest BCUT2D eigenvalue weighted by Crippen LogP contribution is 2.38. The predicted molar refractivity (Wildman–Crippen MR) is 182 cm³/mol. The van der Waals surface area contributed by atoms with Gasteiger partial charge in [0.25, 0.3) is 0 Å². The molecule has 0 spiro atoms. The van der Waals surface area contributed by atoms with Crippen molar-refractivity contribution in [1.29, 1.82) is 0 Å². The van der Waals surface area contributed by atoms with Crippen LogP contribution in [-0.2, 0) is 32.3 Å². The first-order chi connectivity index (χ1) is 22.7. The Kier molecular flexibility index (Phi) is 12.0. The standard InChI is InChI=1S/C37H45NO8S/c1-37(2,3)45-36(39)46-38-18-17-30(26-13-15-28(16-14-26)43-20-9-19-42-25-29-10-8-21-47-29)34(23-38)44-24-27-22-33(40-4)31-11-6-7-12-32(31)35(27)41-5/h6-8,10-16,21-22,30,34H,9,17-20,23-25H2,1-5H3. The van der Waals surface area contributed by atoms with Crippen molar-refractivity contribution in [1.82, 2.24) is 5.06 Å². The van der Waals surface area contributed by atoms with Gasteiger partial charge in [-0.15, -0.1) is 16.4 Å². The zero-order valence-electron chi connectivity index (χ0n) is 27.9. The van der Waals surface area contributed by atoms with Crippen LogP contribution >= 0.6 is 11.3 Å². The lowest BCUT2D eigenvalue weighted by atomic mass is 9.87. The van der Waals surface area contributed by atoms with E-state index in [2.05, 4.69) is 23.6 Å². The minimum Gasteiger partial charge on any atom is -0.496 e. The molecular formula is C37H45NO8S. The van der Waals surface area contributed by atoms with E-state index in [9.17, 15) is 4.79 Å². The van der Waals surface area contributed by atoms with E-state index in [0.29, 0.717) is 39.3 Å². The predicted octanol–water partition coefficient (Wildman–Crippen LogP) is 8.15. The second kappa shape index (κ2) is 16.3. The van der Waals surface area contributed by atoms with E-state index in [0.717, 1.165) is 45.6 Å². The van der Waals surface area contributed by atoms with Gasteiger partial charge in [0.1, 0.15) is 22.8 Å². The highest BCUT2D eigenvalue weighted by molar-refractivity contribution is 7.09. The van der Waals surface area contributed by atoms with Crippen molar-refractivity contribution in [2.24, 2.45) is 0 Å². The average molecular weight is 664 g/mol. The smallest absolute Gasteiger partial charge is 0.496 e. The number of methoxy groups -OCH3 is 2. The highest BCUT2D eigenvalue weighted by Gasteiger charge is 2.34. The van der Waals surface area contributed by atoms with Crippen LogP contribution in [0.3, 0.4) is 0 Å². The van der Waals surface area contributed by atoms with Crippen LogP contribution in [-0.4, -0.2) is 63.4 Å². The van der Waals surface area contributed by atoms with Crippen LogP contribution in [0.1, 0.15) is 55.5 Å². The maximum Gasteiger partial charge on any atom is 0.528 e. The van der Waals surface area contributed by atoms with E-state index in [1.165, 1.54) is 4.88 Å². The van der Waals surface area contributed by atoms with Gasteiger partial charge in [0, 0.05) is 40.1 Å². The number of piperidine rings is 1. The summed E-state index contributed by atoms with van der Waals surface area (Å²) in [5, 5.41) is 5.61. The van der Waals surface area contributed by atoms with E-state index >= 15 is 0 Å². The van der Waals surface area contributed by atoms with Crippen LogP contribution in [0.4, 0.5) is 4.79 Å². The number of benzene rings is 3. The third-order valence-corrected chi connectivity index (χ3v) is 8.71. The lowest BCUT2D eigenvalue weighted by Crippen LogP contribution is -2.45. The van der Waals surface area contributed by atoms with Crippen LogP contribution in [0, 0.1) is 0 Å². The largest absolute Gasteiger partial charge is 0.528 e. The van der Waals surface area contributed by atoms with E-state index in [4.69, 9.17) is 33.3 Å². The van der Waals surface area contributed by atoms with Gasteiger partial charge in [-0.1, -0.05) is 42.5 Å². The third kappa shape index (κ3) is 9.60. The first-order valence-electron chi connectivity index (χ1n) is 16.0. The average Bonchev–Trinajstić information content (AvgIpc) is 3.58. The molecule has 0 amide bonds. The van der Waals surface area contributed by atoms with Gasteiger partial charge in [-0.25, -0.2) is 4.79 Å². The first-order valence-corrected chi connectivity index (χ1v) is 16.8. The van der Waals surface area contributed by atoms with Crippen LogP contribution in [0.25, 0.3) is 10.8 Å². The van der Waals surface area contributed by atoms with Crippen LogP contribution in [0.15, 0.2) is 72.1 Å². The molecule has 0 N–H and O–H groups in total. The molecule has 5 rings (SSSR count). The molecule has 1 saturated heterocycles. The molecule has 0 aliphatic carbocycles. The molecule has 9 nitrogen and oxygen atoms in total. The Labute approximate surface area is 281 Å². The van der Waals surface area contributed by atoms with Gasteiger partial charge < -0.3 is 33.3 Å². The van der Waals surface area contributed by atoms with Gasteiger partial charge in [0.05, 0.1) is 53.3 Å². The summed E-state index contributed by atoms with van der Waals surface area (Å²) in [7, 11) is 3.33. The lowest BCUT2D eigenvalue weighted by molar-refractivity contribution is -0.179. The molecule has 47 heavy (non-hydrogen) atoms. The van der Waals surface area contributed by atoms with E-state index in [1.54, 1.807) is 30.6 Å². The zero-order chi connectivity index (χ0) is 33.2. The Hall–Kier alpha value is -3.83. The maximum absolute atomic E-state index is 12.5. The number of ether oxygens (including phenoxy) is 6. The molecule has 2 unspecified atom stereocenters. The first kappa shape index (κ1) is 34.5. The molecule has 0 radical (unpaired) electrons. The van der Waals surface area contributed by atoms with E-state index < -0.39 is 11.8 Å². The SMILES string of the molecule is COc1cc(COC2CN(OC(=O)OC(C)(C)C)CCC2c2ccc(OCCCOCc3cccs3)cc2)c(OC)c2ccccc12. The summed E-state index contributed by atoms with van der Waals surface area (Å²) in [5.74, 6) is 2.36. The molecule has 10 heteroatoms. The Morgan fingerprint density at radius 3 is 2.43 bits per heavy atom. The molecular weight excluding hydrogens is 618 g/mol. The van der Waals surface area contributed by atoms with E-state index in [-0.39, 0.29) is 18.6 Å². The van der Waals surface area contributed by atoms with Gasteiger partial charge in [-0.3, -0.25) is 0 Å². The maximum atomic E-state index is 12.5. The number of nitrogens with zero attached hydrogens (tertiary/aromatic N) is 1. The quantitative estimate of drug-likeness (QED) is 0.0980. The topological polar surface area (TPSA) is 84.9 Å². The second-order valence-electron chi connectivity index (χ2n) is 12.4. The van der Waals surface area contributed by atoms with Crippen molar-refractivity contribution >= 4 is 28.3 Å². The van der Waals surface area contributed by atoms with Gasteiger partial charge in [0.2, 0.25) is 0 Å². The number of fused-ring (bicyclic) bond motifs is 1. The molecule has 1 fully saturated rings. The molecule has 0 saturated carbocycles. The summed E-state index contributed by atoms with van der Waals surface area (Å²) in [5.41, 5.74) is 1.34. The monoisotopic (exact) mass is 663 g/mol. The minimum absolute atomic E-state index is 0.0570. The van der Waals surface area contributed by atoms with Crippen molar-refractivity contribution in [2.75, 3.05) is 40.5 Å². The molecule has 1 aliphatic rings. The summed E-state index contributed by atoms with van der Waals surface area (Å²) in [6, 6.07) is 22.2. The summed E-state index contributed by atoms with van der Waals surface area (Å²) < 4.78 is 35.4. The van der Waals surface area contributed by atoms with Gasteiger partial charge >= 0.3 is 6.16 Å². The Morgan fingerprint density at radius 2 is 1.72 bits per heavy atom. The molecule has 3 aromatic carbocycles. The Balaban J connectivity index is 1.25. The number of hydroxylamine groups is 2. The Bertz CT molecular complexity index is 1570. The molecule has 4 aromatic rings. The summed E-state index contributed by atoms with van der Waals surface area (Å²) in [4.78, 5) is 19.3. The van der Waals surface area contributed by atoms with Gasteiger partial charge in [-0.05, 0) is 62.4 Å². The summed E-state index contributed by atoms with van der Waals surface area (Å²) >= 11 is 1.70. The van der Waals surface area contributed by atoms with Crippen molar-refractivity contribution in [2.45, 2.75) is 64.4 Å². The minimum atomic E-state index is -0.728. The van der Waals surface area contributed by atoms with Crippen molar-refractivity contribution in [3.05, 3.63) is 88.1 Å². The number of hydrogen-bond acceptors (Lipinski definition) is 10. The van der Waals surface area contributed by atoms with Crippen molar-refractivity contribution in [3.63, 3.8) is 0 Å². The van der Waals surface area contributed by atoms with Gasteiger partial charge in [0.15, 0.2) is 0 Å². The molecule has 1 aromatic heterocycles. The van der Waals surface area contributed by atoms with Crippen molar-refractivity contribution < 1.29 is 38.1 Å². The van der Waals surface area contributed by atoms with Crippen LogP contribution in [0.2, 0.25) is 0 Å². The van der Waals surface area contributed by atoms with Crippen molar-refractivity contribution in [3.8, 4) is 17.2 Å². The normalized spacial score (nSPS) is 17.0. The van der Waals surface area contributed by atoms with Crippen LogP contribution < -0.4 is 14.2 Å². The zero-order valence-corrected chi connectivity index (χ0v) is 28.7. The fourth-order valence-electron chi connectivity index (χ4n) is 5.71. The molecule has 0 bridgehead atoms. The highest BCUT2D eigenvalue weighted by atomic mass is 32.1.